The van der Waals surface area contributed by atoms with E-state index in [2.05, 4.69) is 5.32 Å². The minimum absolute atomic E-state index is 0.347. The molecule has 2 aliphatic rings. The van der Waals surface area contributed by atoms with Crippen molar-refractivity contribution in [2.24, 2.45) is 11.3 Å². The van der Waals surface area contributed by atoms with E-state index in [4.69, 9.17) is 5.11 Å². The molecule has 0 aromatic rings. The van der Waals surface area contributed by atoms with E-state index in [0.29, 0.717) is 12.0 Å². The molecule has 2 fully saturated rings. The smallest absolute Gasteiger partial charge is 0.0502 e. The predicted molar refractivity (Wildman–Crippen MR) is 30.5 cm³/mol. The number of nitrogens with one attached hydrogen (secondary N) is 1. The molecule has 0 amide bonds. The summed E-state index contributed by atoms with van der Waals surface area (Å²) in [6.07, 6.45) is 1.26. The van der Waals surface area contributed by atoms with E-state index in [-0.39, 0.29) is 0 Å². The molecule has 0 unspecified atom stereocenters. The van der Waals surface area contributed by atoms with Crippen LogP contribution in [0.4, 0.5) is 0 Å². The minimum Gasteiger partial charge on any atom is -0.396 e. The Morgan fingerprint density at radius 1 is 1.75 bits per heavy atom. The molecule has 1 saturated heterocycles. The van der Waals surface area contributed by atoms with Crippen molar-refractivity contribution in [3.63, 3.8) is 0 Å². The molecule has 0 spiro atoms. The maximum atomic E-state index is 8.83. The average molecular weight is 113 g/mol. The summed E-state index contributed by atoms with van der Waals surface area (Å²) in [5.74, 6) is 0.812. The highest BCUT2D eigenvalue weighted by molar-refractivity contribution is 5.08. The first-order valence-corrected chi connectivity index (χ1v) is 3.19. The quantitative estimate of drug-likeness (QED) is 0.484. The monoisotopic (exact) mass is 113 g/mol. The van der Waals surface area contributed by atoms with Crippen LogP contribution in [0.3, 0.4) is 0 Å². The normalized spacial score (nSPS) is 51.4. The summed E-state index contributed by atoms with van der Waals surface area (Å²) >= 11 is 0. The van der Waals surface area contributed by atoms with Gasteiger partial charge in [-0.2, -0.15) is 0 Å². The first-order valence-electron chi connectivity index (χ1n) is 3.19. The van der Waals surface area contributed by atoms with Crippen molar-refractivity contribution in [2.45, 2.75) is 6.42 Å². The summed E-state index contributed by atoms with van der Waals surface area (Å²) in [6, 6.07) is 0. The van der Waals surface area contributed by atoms with Gasteiger partial charge < -0.3 is 10.4 Å². The van der Waals surface area contributed by atoms with Crippen molar-refractivity contribution in [3.8, 4) is 0 Å². The largest absolute Gasteiger partial charge is 0.396 e. The van der Waals surface area contributed by atoms with Crippen LogP contribution in [0, 0.1) is 11.3 Å². The zero-order chi connectivity index (χ0) is 5.61. The highest BCUT2D eigenvalue weighted by atomic mass is 16.3. The molecule has 2 rings (SSSR count). The van der Waals surface area contributed by atoms with Crippen molar-refractivity contribution in [1.82, 2.24) is 5.32 Å². The molecule has 2 N–H and O–H groups in total. The van der Waals surface area contributed by atoms with Gasteiger partial charge in [-0.15, -0.1) is 0 Å². The second-order valence-corrected chi connectivity index (χ2v) is 3.05. The number of aliphatic hydroxyl groups is 1. The van der Waals surface area contributed by atoms with Gasteiger partial charge >= 0.3 is 0 Å². The van der Waals surface area contributed by atoms with Crippen molar-refractivity contribution in [2.75, 3.05) is 19.7 Å². The summed E-state index contributed by atoms with van der Waals surface area (Å²) in [5, 5.41) is 12.1. The Labute approximate surface area is 48.9 Å². The topological polar surface area (TPSA) is 32.3 Å². The molecule has 1 aliphatic heterocycles. The molecule has 1 heterocycles. The zero-order valence-corrected chi connectivity index (χ0v) is 4.85. The lowest BCUT2D eigenvalue weighted by Gasteiger charge is -2.03. The van der Waals surface area contributed by atoms with Gasteiger partial charge in [0.1, 0.15) is 0 Å². The number of aliphatic hydroxyl groups excluding tert-OH is 1. The maximum absolute atomic E-state index is 8.83. The number of hydrogen-bond acceptors (Lipinski definition) is 2. The molecule has 0 aromatic heterocycles. The lowest BCUT2D eigenvalue weighted by Crippen LogP contribution is -2.18. The Hall–Kier alpha value is -0.0800. The van der Waals surface area contributed by atoms with Crippen molar-refractivity contribution < 1.29 is 5.11 Å². The van der Waals surface area contributed by atoms with Crippen LogP contribution in [0.1, 0.15) is 6.42 Å². The molecule has 0 aromatic carbocycles. The SMILES string of the molecule is OC[C@@]12CNC[C@@H]1C2. The Morgan fingerprint density at radius 2 is 2.62 bits per heavy atom. The van der Waals surface area contributed by atoms with E-state index in [0.717, 1.165) is 19.0 Å². The molecule has 2 atom stereocenters. The number of rotatable bonds is 1. The number of fused-ring (bicyclic) bond motifs is 1. The number of piperidine rings is 1. The van der Waals surface area contributed by atoms with Gasteiger partial charge in [-0.3, -0.25) is 0 Å². The summed E-state index contributed by atoms with van der Waals surface area (Å²) in [4.78, 5) is 0. The summed E-state index contributed by atoms with van der Waals surface area (Å²) in [7, 11) is 0. The van der Waals surface area contributed by atoms with E-state index in [1.807, 2.05) is 0 Å². The molecule has 2 nitrogen and oxygen atoms in total. The molecule has 2 heteroatoms. The van der Waals surface area contributed by atoms with E-state index in [1.165, 1.54) is 6.42 Å². The zero-order valence-electron chi connectivity index (χ0n) is 4.85. The van der Waals surface area contributed by atoms with E-state index < -0.39 is 0 Å². The van der Waals surface area contributed by atoms with Crippen LogP contribution in [-0.2, 0) is 0 Å². The van der Waals surface area contributed by atoms with E-state index in [1.54, 1.807) is 0 Å². The first-order chi connectivity index (χ1) is 3.87. The molecule has 0 bridgehead atoms. The van der Waals surface area contributed by atoms with Gasteiger partial charge in [0, 0.05) is 12.0 Å². The van der Waals surface area contributed by atoms with Crippen molar-refractivity contribution in [3.05, 3.63) is 0 Å². The van der Waals surface area contributed by atoms with Crippen LogP contribution < -0.4 is 5.32 Å². The molecule has 8 heavy (non-hydrogen) atoms. The summed E-state index contributed by atoms with van der Waals surface area (Å²) in [5.41, 5.74) is 0.347. The fourth-order valence-electron chi connectivity index (χ4n) is 1.68. The van der Waals surface area contributed by atoms with Crippen molar-refractivity contribution in [1.29, 1.82) is 0 Å². The second kappa shape index (κ2) is 1.25. The third-order valence-electron chi connectivity index (χ3n) is 2.54. The van der Waals surface area contributed by atoms with Crippen LogP contribution in [0.25, 0.3) is 0 Å². The Morgan fingerprint density at radius 3 is 2.88 bits per heavy atom. The van der Waals surface area contributed by atoms with Crippen LogP contribution in [0.2, 0.25) is 0 Å². The van der Waals surface area contributed by atoms with Crippen LogP contribution in [0.5, 0.6) is 0 Å². The molecule has 1 aliphatic carbocycles. The Balaban J connectivity index is 2.08. The summed E-state index contributed by atoms with van der Waals surface area (Å²) < 4.78 is 0. The standard InChI is InChI=1S/C6H11NO/c8-4-6-1-5(6)2-7-3-6/h5,7-8H,1-4H2/t5-,6+/m0/s1. The van der Waals surface area contributed by atoms with E-state index in [9.17, 15) is 0 Å². The summed E-state index contributed by atoms with van der Waals surface area (Å²) in [6.45, 7) is 2.58. The van der Waals surface area contributed by atoms with Gasteiger partial charge in [0.2, 0.25) is 0 Å². The minimum atomic E-state index is 0.347. The fraction of sp³-hybridized carbons (Fsp3) is 1.00. The lowest BCUT2D eigenvalue weighted by molar-refractivity contribution is 0.214. The molecular formula is C6H11NO. The average Bonchev–Trinajstić information content (AvgIpc) is 2.38. The molecular weight excluding hydrogens is 102 g/mol. The Bertz CT molecular complexity index is 111. The molecule has 46 valence electrons. The van der Waals surface area contributed by atoms with Gasteiger partial charge in [0.05, 0.1) is 6.61 Å². The third-order valence-corrected chi connectivity index (χ3v) is 2.54. The van der Waals surface area contributed by atoms with Crippen LogP contribution in [-0.4, -0.2) is 24.8 Å². The van der Waals surface area contributed by atoms with Gasteiger partial charge in [0.15, 0.2) is 0 Å². The van der Waals surface area contributed by atoms with Gasteiger partial charge in [-0.05, 0) is 18.9 Å². The second-order valence-electron chi connectivity index (χ2n) is 3.05. The lowest BCUT2D eigenvalue weighted by atomic mass is 10.1. The highest BCUT2D eigenvalue weighted by Gasteiger charge is 2.56. The van der Waals surface area contributed by atoms with E-state index >= 15 is 0 Å². The Kier molecular flexibility index (Phi) is 0.746. The maximum Gasteiger partial charge on any atom is 0.0502 e. The molecule has 0 radical (unpaired) electrons. The van der Waals surface area contributed by atoms with Gasteiger partial charge in [0.25, 0.3) is 0 Å². The fourth-order valence-corrected chi connectivity index (χ4v) is 1.68. The van der Waals surface area contributed by atoms with Crippen molar-refractivity contribution >= 4 is 0 Å². The third kappa shape index (κ3) is 0.400. The molecule has 1 saturated carbocycles. The number of hydrogen-bond donors (Lipinski definition) is 2. The first kappa shape index (κ1) is 4.77. The van der Waals surface area contributed by atoms with Gasteiger partial charge in [-0.1, -0.05) is 0 Å². The van der Waals surface area contributed by atoms with Crippen LogP contribution >= 0.6 is 0 Å². The van der Waals surface area contributed by atoms with Gasteiger partial charge in [-0.25, -0.2) is 0 Å². The predicted octanol–water partition coefficient (Wildman–Crippen LogP) is -0.412. The highest BCUT2D eigenvalue weighted by Crippen LogP contribution is 2.54. The van der Waals surface area contributed by atoms with Crippen LogP contribution in [0.15, 0.2) is 0 Å².